The Balaban J connectivity index is 2.81. The average Bonchev–Trinajstić information content (AvgIpc) is 2.29. The van der Waals surface area contributed by atoms with Crippen molar-refractivity contribution in [2.45, 2.75) is 25.8 Å². The van der Waals surface area contributed by atoms with Crippen molar-refractivity contribution in [3.8, 4) is 6.07 Å². The van der Waals surface area contributed by atoms with Crippen LogP contribution in [0.15, 0.2) is 22.9 Å². The number of hydrogen-bond donors (Lipinski definition) is 1. The SMILES string of the molecule is CCC(C)(C#N)NC(=O)c1ccc(Br)nc1. The number of nitrogens with one attached hydrogen (secondary N) is 1. The van der Waals surface area contributed by atoms with E-state index in [0.717, 1.165) is 0 Å². The first-order valence-corrected chi connectivity index (χ1v) is 5.65. The molecule has 4 nitrogen and oxygen atoms in total. The van der Waals surface area contributed by atoms with Gasteiger partial charge in [-0.1, -0.05) is 6.92 Å². The van der Waals surface area contributed by atoms with Crippen molar-refractivity contribution in [1.29, 1.82) is 5.26 Å². The standard InChI is InChI=1S/C11H12BrN3O/c1-3-11(2,7-13)15-10(16)8-4-5-9(12)14-6-8/h4-6H,3H2,1-2H3,(H,15,16). The van der Waals surface area contributed by atoms with Gasteiger partial charge in [0.1, 0.15) is 10.1 Å². The minimum absolute atomic E-state index is 0.286. The fourth-order valence-electron chi connectivity index (χ4n) is 1.03. The quantitative estimate of drug-likeness (QED) is 0.865. The molecule has 0 aliphatic carbocycles. The first-order chi connectivity index (χ1) is 7.50. The molecule has 5 heteroatoms. The van der Waals surface area contributed by atoms with E-state index in [1.165, 1.54) is 6.20 Å². The van der Waals surface area contributed by atoms with Crippen LogP contribution in [0.5, 0.6) is 0 Å². The molecule has 0 radical (unpaired) electrons. The van der Waals surface area contributed by atoms with Crippen molar-refractivity contribution in [3.63, 3.8) is 0 Å². The highest BCUT2D eigenvalue weighted by atomic mass is 79.9. The highest BCUT2D eigenvalue weighted by Crippen LogP contribution is 2.10. The Morgan fingerprint density at radius 1 is 1.69 bits per heavy atom. The van der Waals surface area contributed by atoms with Crippen molar-refractivity contribution < 1.29 is 4.79 Å². The third kappa shape index (κ3) is 3.04. The van der Waals surface area contributed by atoms with Gasteiger partial charge in [0.15, 0.2) is 0 Å². The van der Waals surface area contributed by atoms with Crippen molar-refractivity contribution >= 4 is 21.8 Å². The summed E-state index contributed by atoms with van der Waals surface area (Å²) in [4.78, 5) is 15.7. The highest BCUT2D eigenvalue weighted by Gasteiger charge is 2.24. The van der Waals surface area contributed by atoms with E-state index in [-0.39, 0.29) is 5.91 Å². The van der Waals surface area contributed by atoms with Crippen molar-refractivity contribution in [2.75, 3.05) is 0 Å². The fourth-order valence-corrected chi connectivity index (χ4v) is 1.26. The zero-order valence-electron chi connectivity index (χ0n) is 9.12. The van der Waals surface area contributed by atoms with Crippen molar-refractivity contribution in [2.24, 2.45) is 0 Å². The van der Waals surface area contributed by atoms with Gasteiger partial charge in [-0.15, -0.1) is 0 Å². The Morgan fingerprint density at radius 2 is 2.38 bits per heavy atom. The molecule has 1 unspecified atom stereocenters. The van der Waals surface area contributed by atoms with E-state index in [1.807, 2.05) is 6.92 Å². The van der Waals surface area contributed by atoms with Crippen LogP contribution < -0.4 is 5.32 Å². The van der Waals surface area contributed by atoms with Crippen LogP contribution in [0.4, 0.5) is 0 Å². The Kier molecular flexibility index (Phi) is 4.02. The van der Waals surface area contributed by atoms with Gasteiger partial charge in [-0.25, -0.2) is 4.98 Å². The molecular weight excluding hydrogens is 270 g/mol. The fraction of sp³-hybridized carbons (Fsp3) is 0.364. The van der Waals surface area contributed by atoms with Gasteiger partial charge in [0.25, 0.3) is 5.91 Å². The third-order valence-electron chi connectivity index (χ3n) is 2.33. The number of pyridine rings is 1. The van der Waals surface area contributed by atoms with Gasteiger partial charge in [0, 0.05) is 6.20 Å². The second-order valence-electron chi connectivity index (χ2n) is 3.62. The summed E-state index contributed by atoms with van der Waals surface area (Å²) < 4.78 is 0.669. The maximum Gasteiger partial charge on any atom is 0.254 e. The Hall–Kier alpha value is -1.41. The lowest BCUT2D eigenvalue weighted by atomic mass is 10.0. The molecular formula is C11H12BrN3O. The summed E-state index contributed by atoms with van der Waals surface area (Å²) in [5.41, 5.74) is -0.387. The molecule has 1 amide bonds. The highest BCUT2D eigenvalue weighted by molar-refractivity contribution is 9.10. The van der Waals surface area contributed by atoms with E-state index in [4.69, 9.17) is 5.26 Å². The van der Waals surface area contributed by atoms with Gasteiger partial charge in [-0.05, 0) is 41.4 Å². The van der Waals surface area contributed by atoms with Gasteiger partial charge < -0.3 is 5.32 Å². The largest absolute Gasteiger partial charge is 0.334 e. The molecule has 1 rings (SSSR count). The minimum atomic E-state index is -0.829. The van der Waals surface area contributed by atoms with Crippen molar-refractivity contribution in [3.05, 3.63) is 28.5 Å². The van der Waals surface area contributed by atoms with Crippen LogP contribution in [-0.4, -0.2) is 16.4 Å². The summed E-state index contributed by atoms with van der Waals surface area (Å²) in [5.74, 6) is -0.286. The topological polar surface area (TPSA) is 65.8 Å². The first-order valence-electron chi connectivity index (χ1n) is 4.86. The number of hydrogen-bond acceptors (Lipinski definition) is 3. The Bertz CT molecular complexity index is 424. The first kappa shape index (κ1) is 12.7. The number of carbonyl (C=O) groups excluding carboxylic acids is 1. The second kappa shape index (κ2) is 5.08. The van der Waals surface area contributed by atoms with Crippen molar-refractivity contribution in [1.82, 2.24) is 10.3 Å². The minimum Gasteiger partial charge on any atom is -0.334 e. The van der Waals surface area contributed by atoms with Crippen LogP contribution in [0.3, 0.4) is 0 Å². The average molecular weight is 282 g/mol. The number of halogens is 1. The van der Waals surface area contributed by atoms with Crippen LogP contribution >= 0.6 is 15.9 Å². The van der Waals surface area contributed by atoms with Crippen LogP contribution in [0.25, 0.3) is 0 Å². The number of nitrogens with zero attached hydrogens (tertiary/aromatic N) is 2. The maximum absolute atomic E-state index is 11.8. The number of rotatable bonds is 3. The molecule has 0 saturated carbocycles. The molecule has 1 atom stereocenters. The molecule has 0 aliphatic rings. The summed E-state index contributed by atoms with van der Waals surface area (Å²) >= 11 is 3.19. The van der Waals surface area contributed by atoms with E-state index >= 15 is 0 Å². The summed E-state index contributed by atoms with van der Waals surface area (Å²) in [6, 6.07) is 5.42. The summed E-state index contributed by atoms with van der Waals surface area (Å²) in [6.45, 7) is 3.54. The van der Waals surface area contributed by atoms with E-state index in [1.54, 1.807) is 19.1 Å². The van der Waals surface area contributed by atoms with Crippen LogP contribution in [0.2, 0.25) is 0 Å². The molecule has 1 N–H and O–H groups in total. The zero-order chi connectivity index (χ0) is 12.2. The molecule has 0 saturated heterocycles. The van der Waals surface area contributed by atoms with Gasteiger partial charge in [-0.2, -0.15) is 5.26 Å². The lowest BCUT2D eigenvalue weighted by molar-refractivity contribution is 0.0922. The van der Waals surface area contributed by atoms with E-state index in [0.29, 0.717) is 16.6 Å². The third-order valence-corrected chi connectivity index (χ3v) is 2.80. The van der Waals surface area contributed by atoms with E-state index in [9.17, 15) is 4.79 Å². The molecule has 0 aliphatic heterocycles. The summed E-state index contributed by atoms with van der Waals surface area (Å²) in [7, 11) is 0. The Morgan fingerprint density at radius 3 is 2.81 bits per heavy atom. The molecule has 84 valence electrons. The molecule has 0 spiro atoms. The predicted octanol–water partition coefficient (Wildman–Crippen LogP) is 2.27. The summed E-state index contributed by atoms with van der Waals surface area (Å²) in [6.07, 6.45) is 2.02. The number of nitriles is 1. The predicted molar refractivity (Wildman–Crippen MR) is 63.7 cm³/mol. The molecule has 0 fully saturated rings. The molecule has 1 aromatic rings. The van der Waals surface area contributed by atoms with Gasteiger partial charge in [-0.3, -0.25) is 4.79 Å². The van der Waals surface area contributed by atoms with Gasteiger partial charge in [0.05, 0.1) is 11.6 Å². The molecule has 0 bridgehead atoms. The Labute approximate surface area is 103 Å². The molecule has 16 heavy (non-hydrogen) atoms. The lowest BCUT2D eigenvalue weighted by Gasteiger charge is -2.20. The second-order valence-corrected chi connectivity index (χ2v) is 4.43. The zero-order valence-corrected chi connectivity index (χ0v) is 10.7. The molecule has 1 heterocycles. The molecule has 1 aromatic heterocycles. The smallest absolute Gasteiger partial charge is 0.254 e. The van der Waals surface area contributed by atoms with Gasteiger partial charge >= 0.3 is 0 Å². The van der Waals surface area contributed by atoms with Gasteiger partial charge in [0.2, 0.25) is 0 Å². The molecule has 0 aromatic carbocycles. The van der Waals surface area contributed by atoms with E-state index in [2.05, 4.69) is 32.3 Å². The lowest BCUT2D eigenvalue weighted by Crippen LogP contribution is -2.44. The van der Waals surface area contributed by atoms with E-state index < -0.39 is 5.54 Å². The number of aromatic nitrogens is 1. The van der Waals surface area contributed by atoms with Crippen LogP contribution in [0.1, 0.15) is 30.6 Å². The van der Waals surface area contributed by atoms with Crippen LogP contribution in [0, 0.1) is 11.3 Å². The summed E-state index contributed by atoms with van der Waals surface area (Å²) in [5, 5.41) is 11.6. The monoisotopic (exact) mass is 281 g/mol. The maximum atomic E-state index is 11.8. The van der Waals surface area contributed by atoms with Crippen LogP contribution in [-0.2, 0) is 0 Å². The number of amides is 1. The number of carbonyl (C=O) groups is 1. The normalized spacial score (nSPS) is 13.6.